The molecule has 0 spiro atoms. The third kappa shape index (κ3) is 5.84. The smallest absolute Gasteiger partial charge is 0.122 e. The standard InChI is InChI=1S/C15H23NO2/c1-12(2)8-9-16-10-14(17)11-18-15-7-5-4-6-13(15)3/h4-8,14,16-17H,9-11H2,1-3H3. The molecule has 0 aliphatic carbocycles. The van der Waals surface area contributed by atoms with Crippen LogP contribution in [0.2, 0.25) is 0 Å². The highest BCUT2D eigenvalue weighted by atomic mass is 16.5. The first-order valence-electron chi connectivity index (χ1n) is 6.30. The minimum atomic E-state index is -0.491. The summed E-state index contributed by atoms with van der Waals surface area (Å²) in [6.07, 6.45) is 1.60. The number of aryl methyl sites for hydroxylation is 1. The first-order valence-corrected chi connectivity index (χ1v) is 6.30. The van der Waals surface area contributed by atoms with Crippen molar-refractivity contribution in [2.45, 2.75) is 26.9 Å². The maximum Gasteiger partial charge on any atom is 0.122 e. The van der Waals surface area contributed by atoms with E-state index in [4.69, 9.17) is 4.74 Å². The van der Waals surface area contributed by atoms with Crippen molar-refractivity contribution in [3.63, 3.8) is 0 Å². The minimum Gasteiger partial charge on any atom is -0.491 e. The van der Waals surface area contributed by atoms with Crippen LogP contribution in [0, 0.1) is 6.92 Å². The van der Waals surface area contributed by atoms with Crippen molar-refractivity contribution in [1.82, 2.24) is 5.32 Å². The normalized spacial score (nSPS) is 12.0. The number of nitrogens with one attached hydrogen (secondary N) is 1. The van der Waals surface area contributed by atoms with Crippen LogP contribution in [0.5, 0.6) is 5.75 Å². The molecular formula is C15H23NO2. The number of ether oxygens (including phenoxy) is 1. The Bertz CT molecular complexity index is 384. The molecule has 1 atom stereocenters. The third-order valence-electron chi connectivity index (χ3n) is 2.56. The minimum absolute atomic E-state index is 0.312. The highest BCUT2D eigenvalue weighted by Crippen LogP contribution is 2.16. The predicted octanol–water partition coefficient (Wildman–Crippen LogP) is 2.29. The summed E-state index contributed by atoms with van der Waals surface area (Å²) in [7, 11) is 0. The summed E-state index contributed by atoms with van der Waals surface area (Å²) in [5.74, 6) is 0.834. The summed E-state index contributed by atoms with van der Waals surface area (Å²) >= 11 is 0. The van der Waals surface area contributed by atoms with Crippen molar-refractivity contribution >= 4 is 0 Å². The number of rotatable bonds is 7. The first kappa shape index (κ1) is 14.7. The Morgan fingerprint density at radius 1 is 1.39 bits per heavy atom. The molecule has 0 aromatic heterocycles. The number of aliphatic hydroxyl groups is 1. The van der Waals surface area contributed by atoms with E-state index < -0.39 is 6.10 Å². The average Bonchev–Trinajstić information content (AvgIpc) is 2.33. The van der Waals surface area contributed by atoms with E-state index in [1.54, 1.807) is 0 Å². The van der Waals surface area contributed by atoms with Gasteiger partial charge in [0.25, 0.3) is 0 Å². The molecule has 3 nitrogen and oxygen atoms in total. The predicted molar refractivity (Wildman–Crippen MR) is 75.0 cm³/mol. The van der Waals surface area contributed by atoms with Crippen LogP contribution >= 0.6 is 0 Å². The molecule has 0 aliphatic rings. The largest absolute Gasteiger partial charge is 0.491 e. The van der Waals surface area contributed by atoms with Crippen LogP contribution in [0.25, 0.3) is 0 Å². The Labute approximate surface area is 109 Å². The maximum atomic E-state index is 9.76. The fourth-order valence-corrected chi connectivity index (χ4v) is 1.49. The molecule has 1 aromatic carbocycles. The molecule has 0 amide bonds. The molecule has 0 heterocycles. The van der Waals surface area contributed by atoms with Gasteiger partial charge in [-0.05, 0) is 32.4 Å². The molecule has 1 aromatic rings. The molecule has 0 radical (unpaired) electrons. The first-order chi connectivity index (χ1) is 8.59. The van der Waals surface area contributed by atoms with Gasteiger partial charge in [-0.3, -0.25) is 0 Å². The average molecular weight is 249 g/mol. The molecular weight excluding hydrogens is 226 g/mol. The van der Waals surface area contributed by atoms with E-state index in [2.05, 4.69) is 25.2 Å². The van der Waals surface area contributed by atoms with Crippen LogP contribution in [0.4, 0.5) is 0 Å². The van der Waals surface area contributed by atoms with Crippen molar-refractivity contribution in [1.29, 1.82) is 0 Å². The van der Waals surface area contributed by atoms with Crippen LogP contribution in [0.1, 0.15) is 19.4 Å². The Hall–Kier alpha value is -1.32. The molecule has 0 aliphatic heterocycles. The van der Waals surface area contributed by atoms with Crippen LogP contribution in [0.3, 0.4) is 0 Å². The maximum absolute atomic E-state index is 9.76. The SMILES string of the molecule is CC(C)=CCNCC(O)COc1ccccc1C. The van der Waals surface area contributed by atoms with E-state index in [-0.39, 0.29) is 0 Å². The fourth-order valence-electron chi connectivity index (χ4n) is 1.49. The molecule has 18 heavy (non-hydrogen) atoms. The molecule has 100 valence electrons. The Balaban J connectivity index is 2.23. The summed E-state index contributed by atoms with van der Waals surface area (Å²) in [6, 6.07) is 7.81. The topological polar surface area (TPSA) is 41.5 Å². The van der Waals surface area contributed by atoms with Gasteiger partial charge in [0.05, 0.1) is 0 Å². The second-order valence-electron chi connectivity index (χ2n) is 4.67. The monoisotopic (exact) mass is 249 g/mol. The highest BCUT2D eigenvalue weighted by molar-refractivity contribution is 5.31. The van der Waals surface area contributed by atoms with E-state index in [0.717, 1.165) is 17.9 Å². The molecule has 0 bridgehead atoms. The van der Waals surface area contributed by atoms with Crippen LogP contribution < -0.4 is 10.1 Å². The second kappa shape index (κ2) is 7.90. The van der Waals surface area contributed by atoms with Gasteiger partial charge in [-0.2, -0.15) is 0 Å². The van der Waals surface area contributed by atoms with Crippen molar-refractivity contribution in [2.75, 3.05) is 19.7 Å². The van der Waals surface area contributed by atoms with Gasteiger partial charge < -0.3 is 15.2 Å². The summed E-state index contributed by atoms with van der Waals surface area (Å²) in [6.45, 7) is 7.74. The lowest BCUT2D eigenvalue weighted by molar-refractivity contribution is 0.107. The lowest BCUT2D eigenvalue weighted by Gasteiger charge is -2.14. The van der Waals surface area contributed by atoms with Crippen LogP contribution in [-0.4, -0.2) is 30.9 Å². The Morgan fingerprint density at radius 2 is 2.11 bits per heavy atom. The molecule has 2 N–H and O–H groups in total. The van der Waals surface area contributed by atoms with Crippen LogP contribution in [0.15, 0.2) is 35.9 Å². The Kier molecular flexibility index (Phi) is 6.47. The molecule has 3 heteroatoms. The van der Waals surface area contributed by atoms with Crippen molar-refractivity contribution < 1.29 is 9.84 Å². The van der Waals surface area contributed by atoms with E-state index in [9.17, 15) is 5.11 Å². The number of aliphatic hydroxyl groups excluding tert-OH is 1. The fraction of sp³-hybridized carbons (Fsp3) is 0.467. The zero-order chi connectivity index (χ0) is 13.4. The van der Waals surface area contributed by atoms with Gasteiger partial charge in [0.2, 0.25) is 0 Å². The highest BCUT2D eigenvalue weighted by Gasteiger charge is 2.05. The number of hydrogen-bond acceptors (Lipinski definition) is 3. The van der Waals surface area contributed by atoms with Crippen molar-refractivity contribution in [3.8, 4) is 5.75 Å². The van der Waals surface area contributed by atoms with Crippen molar-refractivity contribution in [3.05, 3.63) is 41.5 Å². The lowest BCUT2D eigenvalue weighted by atomic mass is 10.2. The zero-order valence-electron chi connectivity index (χ0n) is 11.4. The van der Waals surface area contributed by atoms with Crippen molar-refractivity contribution in [2.24, 2.45) is 0 Å². The molecule has 0 saturated heterocycles. The Morgan fingerprint density at radius 3 is 2.78 bits per heavy atom. The van der Waals surface area contributed by atoms with Gasteiger partial charge in [-0.1, -0.05) is 29.8 Å². The van der Waals surface area contributed by atoms with Gasteiger partial charge in [0, 0.05) is 13.1 Å². The number of allylic oxidation sites excluding steroid dienone is 1. The summed E-state index contributed by atoms with van der Waals surface area (Å²) in [4.78, 5) is 0. The zero-order valence-corrected chi connectivity index (χ0v) is 11.4. The number of hydrogen-bond donors (Lipinski definition) is 2. The third-order valence-corrected chi connectivity index (χ3v) is 2.56. The van der Waals surface area contributed by atoms with E-state index in [0.29, 0.717) is 13.2 Å². The molecule has 1 unspecified atom stereocenters. The van der Waals surface area contributed by atoms with Crippen LogP contribution in [-0.2, 0) is 0 Å². The molecule has 1 rings (SSSR count). The summed E-state index contributed by atoms with van der Waals surface area (Å²) < 4.78 is 5.57. The van der Waals surface area contributed by atoms with Gasteiger partial charge in [-0.25, -0.2) is 0 Å². The van der Waals surface area contributed by atoms with Gasteiger partial charge in [0.15, 0.2) is 0 Å². The van der Waals surface area contributed by atoms with Gasteiger partial charge in [0.1, 0.15) is 18.5 Å². The summed E-state index contributed by atoms with van der Waals surface area (Å²) in [5.41, 5.74) is 2.36. The number of benzene rings is 1. The second-order valence-corrected chi connectivity index (χ2v) is 4.67. The molecule has 0 fully saturated rings. The lowest BCUT2D eigenvalue weighted by Crippen LogP contribution is -2.31. The van der Waals surface area contributed by atoms with E-state index >= 15 is 0 Å². The quantitative estimate of drug-likeness (QED) is 0.575. The van der Waals surface area contributed by atoms with Gasteiger partial charge in [-0.15, -0.1) is 0 Å². The number of para-hydroxylation sites is 1. The van der Waals surface area contributed by atoms with E-state index in [1.807, 2.05) is 31.2 Å². The van der Waals surface area contributed by atoms with E-state index in [1.165, 1.54) is 5.57 Å². The summed E-state index contributed by atoms with van der Waals surface area (Å²) in [5, 5.41) is 12.9. The molecule has 0 saturated carbocycles. The van der Waals surface area contributed by atoms with Gasteiger partial charge >= 0.3 is 0 Å².